The number of thiazole rings is 1. The molecule has 4 atom stereocenters. The normalized spacial score (nSPS) is 28.7. The van der Waals surface area contributed by atoms with Gasteiger partial charge in [-0.25, -0.2) is 4.98 Å². The highest BCUT2D eigenvalue weighted by Crippen LogP contribution is 2.72. The largest absolute Gasteiger partial charge is 0.356 e. The Balaban J connectivity index is 1.47. The maximum absolute atomic E-state index is 13.1. The molecule has 1 aromatic rings. The van der Waals surface area contributed by atoms with Crippen molar-refractivity contribution in [3.63, 3.8) is 0 Å². The molecule has 0 aliphatic heterocycles. The summed E-state index contributed by atoms with van der Waals surface area (Å²) in [7, 11) is 0. The summed E-state index contributed by atoms with van der Waals surface area (Å²) in [5.74, 6) is -0.0686. The summed E-state index contributed by atoms with van der Waals surface area (Å²) in [4.78, 5) is 41.7. The Hall–Kier alpha value is -2.02. The number of hydrogen-bond acceptors (Lipinski definition) is 5. The van der Waals surface area contributed by atoms with Crippen LogP contribution in [0.1, 0.15) is 49.1 Å². The van der Waals surface area contributed by atoms with Gasteiger partial charge >= 0.3 is 0 Å². The summed E-state index contributed by atoms with van der Waals surface area (Å²) in [6, 6.07) is 0. The summed E-state index contributed by atoms with van der Waals surface area (Å²) in [5, 5.41) is 8.45. The van der Waals surface area contributed by atoms with Crippen LogP contribution in [-0.4, -0.2) is 29.1 Å². The summed E-state index contributed by atoms with van der Waals surface area (Å²) in [5.41, 5.74) is 0.560. The van der Waals surface area contributed by atoms with Crippen molar-refractivity contribution >= 4 is 28.9 Å². The van der Waals surface area contributed by atoms with E-state index in [9.17, 15) is 14.4 Å². The van der Waals surface area contributed by atoms with Gasteiger partial charge in [-0.05, 0) is 36.0 Å². The third-order valence-corrected chi connectivity index (χ3v) is 7.31. The molecule has 0 aromatic carbocycles. The Morgan fingerprint density at radius 2 is 1.75 bits per heavy atom. The van der Waals surface area contributed by atoms with E-state index >= 15 is 0 Å². The monoisotopic (exact) mass is 401 g/mol. The number of carbonyl (C=O) groups excluding carboxylic acids is 3. The second-order valence-electron chi connectivity index (χ2n) is 8.76. The van der Waals surface area contributed by atoms with E-state index in [0.717, 1.165) is 12.8 Å². The number of nitrogens with one attached hydrogen (secondary N) is 2. The van der Waals surface area contributed by atoms with Crippen LogP contribution >= 0.6 is 11.3 Å². The maximum Gasteiger partial charge on any atom is 0.224 e. The average Bonchev–Trinajstić information content (AvgIpc) is 3.05. The maximum atomic E-state index is 13.1. The van der Waals surface area contributed by atoms with Gasteiger partial charge in [0, 0.05) is 18.8 Å². The molecule has 2 amide bonds. The number of Topliss-reactive ketones (excluding diaryl/α,β-unsaturated/α-hetero) is 1. The fourth-order valence-corrected chi connectivity index (χ4v) is 5.74. The van der Waals surface area contributed by atoms with Gasteiger partial charge in [0.15, 0.2) is 5.78 Å². The number of ketones is 1. The van der Waals surface area contributed by atoms with Gasteiger partial charge in [-0.2, -0.15) is 0 Å². The van der Waals surface area contributed by atoms with E-state index in [2.05, 4.69) is 41.6 Å². The van der Waals surface area contributed by atoms with Crippen LogP contribution in [0.2, 0.25) is 0 Å². The van der Waals surface area contributed by atoms with Crippen molar-refractivity contribution in [1.82, 2.24) is 15.6 Å². The molecule has 1 heterocycles. The standard InChI is InChI=1S/C21H27N3O3S/c1-11(2)8-22-19(26)17-13-4-5-14(21(13)6-7-21)18(17)20(27)23-9-16-24-15(10-28-16)12(3)25/h4-5,10-11,13-14,17-18H,6-9H2,1-3H3,(H,22,26)(H,23,27)/t13-,14+,17-,18-/m1/s1. The lowest BCUT2D eigenvalue weighted by Gasteiger charge is -2.26. The zero-order valence-electron chi connectivity index (χ0n) is 16.5. The summed E-state index contributed by atoms with van der Waals surface area (Å²) >= 11 is 1.37. The molecular weight excluding hydrogens is 374 g/mol. The van der Waals surface area contributed by atoms with Gasteiger partial charge in [0.25, 0.3) is 0 Å². The molecule has 4 rings (SSSR count). The first-order valence-electron chi connectivity index (χ1n) is 10.0. The highest BCUT2D eigenvalue weighted by molar-refractivity contribution is 7.09. The third-order valence-electron chi connectivity index (χ3n) is 6.46. The summed E-state index contributed by atoms with van der Waals surface area (Å²) < 4.78 is 0. The van der Waals surface area contributed by atoms with Crippen molar-refractivity contribution in [3.8, 4) is 0 Å². The van der Waals surface area contributed by atoms with Crippen molar-refractivity contribution in [2.45, 2.75) is 40.2 Å². The molecule has 7 heteroatoms. The highest BCUT2D eigenvalue weighted by atomic mass is 32.1. The van der Waals surface area contributed by atoms with Crippen molar-refractivity contribution in [2.75, 3.05) is 6.54 Å². The Morgan fingerprint density at radius 3 is 2.25 bits per heavy atom. The molecule has 2 bridgehead atoms. The van der Waals surface area contributed by atoms with Gasteiger partial charge in [-0.15, -0.1) is 11.3 Å². The van der Waals surface area contributed by atoms with Crippen LogP contribution in [0.3, 0.4) is 0 Å². The van der Waals surface area contributed by atoms with Crippen LogP contribution < -0.4 is 10.6 Å². The van der Waals surface area contributed by atoms with Crippen LogP contribution in [0.25, 0.3) is 0 Å². The van der Waals surface area contributed by atoms with Crippen molar-refractivity contribution in [3.05, 3.63) is 28.2 Å². The SMILES string of the molecule is CC(=O)c1csc(CNC(=O)[C@H]2[C@H](C(=O)NCC(C)C)[C@H]3C=C[C@@H]2C32CC2)n1. The van der Waals surface area contributed by atoms with Crippen LogP contribution in [0.4, 0.5) is 0 Å². The molecule has 3 aliphatic rings. The molecular formula is C21H27N3O3S. The van der Waals surface area contributed by atoms with Gasteiger partial charge in [-0.1, -0.05) is 26.0 Å². The number of allylic oxidation sites excluding steroid dienone is 2. The number of hydrogen-bond donors (Lipinski definition) is 2. The second kappa shape index (κ2) is 7.10. The smallest absolute Gasteiger partial charge is 0.224 e. The molecule has 2 N–H and O–H groups in total. The van der Waals surface area contributed by atoms with E-state index in [4.69, 9.17) is 0 Å². The van der Waals surface area contributed by atoms with Crippen molar-refractivity contribution in [2.24, 2.45) is 35.0 Å². The Labute approximate surface area is 169 Å². The van der Waals surface area contributed by atoms with E-state index < -0.39 is 0 Å². The van der Waals surface area contributed by atoms with Gasteiger partial charge in [0.1, 0.15) is 10.7 Å². The van der Waals surface area contributed by atoms with Crippen LogP contribution in [0, 0.1) is 35.0 Å². The zero-order chi connectivity index (χ0) is 20.1. The zero-order valence-corrected chi connectivity index (χ0v) is 17.3. The lowest BCUT2D eigenvalue weighted by molar-refractivity contribution is -0.135. The molecule has 1 spiro atoms. The minimum Gasteiger partial charge on any atom is -0.356 e. The Bertz CT molecular complexity index is 840. The van der Waals surface area contributed by atoms with E-state index in [1.54, 1.807) is 5.38 Å². The molecule has 3 aliphatic carbocycles. The Morgan fingerprint density at radius 1 is 1.14 bits per heavy atom. The first-order chi connectivity index (χ1) is 13.3. The first kappa shape index (κ1) is 19.3. The topological polar surface area (TPSA) is 88.2 Å². The molecule has 2 fully saturated rings. The lowest BCUT2D eigenvalue weighted by Crippen LogP contribution is -2.44. The number of amides is 2. The van der Waals surface area contributed by atoms with E-state index in [1.807, 2.05) is 0 Å². The number of nitrogens with zero attached hydrogens (tertiary/aromatic N) is 1. The molecule has 150 valence electrons. The lowest BCUT2D eigenvalue weighted by atomic mass is 9.81. The van der Waals surface area contributed by atoms with E-state index in [1.165, 1.54) is 18.3 Å². The quantitative estimate of drug-likeness (QED) is 0.543. The number of carbonyl (C=O) groups is 3. The second-order valence-corrected chi connectivity index (χ2v) is 9.70. The van der Waals surface area contributed by atoms with E-state index in [0.29, 0.717) is 29.7 Å². The summed E-state index contributed by atoms with van der Waals surface area (Å²) in [6.07, 6.45) is 6.52. The van der Waals surface area contributed by atoms with Gasteiger partial charge in [0.05, 0.1) is 18.4 Å². The number of aromatic nitrogens is 1. The molecule has 6 nitrogen and oxygen atoms in total. The number of rotatable bonds is 7. The van der Waals surface area contributed by atoms with Crippen LogP contribution in [-0.2, 0) is 16.1 Å². The van der Waals surface area contributed by atoms with Gasteiger partial charge in [0.2, 0.25) is 11.8 Å². The molecule has 2 saturated carbocycles. The van der Waals surface area contributed by atoms with Crippen molar-refractivity contribution in [1.29, 1.82) is 0 Å². The molecule has 0 radical (unpaired) electrons. The fraction of sp³-hybridized carbons (Fsp3) is 0.619. The predicted octanol–water partition coefficient (Wildman–Crippen LogP) is 2.56. The fourth-order valence-electron chi connectivity index (χ4n) is 4.97. The molecule has 0 unspecified atom stereocenters. The van der Waals surface area contributed by atoms with Crippen LogP contribution in [0.5, 0.6) is 0 Å². The van der Waals surface area contributed by atoms with Gasteiger partial charge < -0.3 is 10.6 Å². The molecule has 0 saturated heterocycles. The van der Waals surface area contributed by atoms with E-state index in [-0.39, 0.29) is 46.7 Å². The predicted molar refractivity (Wildman–Crippen MR) is 107 cm³/mol. The average molecular weight is 402 g/mol. The van der Waals surface area contributed by atoms with Crippen molar-refractivity contribution < 1.29 is 14.4 Å². The highest BCUT2D eigenvalue weighted by Gasteiger charge is 2.69. The Kier molecular flexibility index (Phi) is 4.89. The van der Waals surface area contributed by atoms with Gasteiger partial charge in [-0.3, -0.25) is 14.4 Å². The summed E-state index contributed by atoms with van der Waals surface area (Å²) in [6.45, 7) is 6.54. The first-order valence-corrected chi connectivity index (χ1v) is 10.9. The minimum atomic E-state index is -0.322. The molecule has 1 aromatic heterocycles. The minimum absolute atomic E-state index is 0.00471. The molecule has 28 heavy (non-hydrogen) atoms. The van der Waals surface area contributed by atoms with Crippen LogP contribution in [0.15, 0.2) is 17.5 Å². The third kappa shape index (κ3) is 3.19.